The Morgan fingerprint density at radius 1 is 1.11 bits per heavy atom. The predicted octanol–water partition coefficient (Wildman–Crippen LogP) is 2.95. The van der Waals surface area contributed by atoms with Crippen LogP contribution in [0.3, 0.4) is 0 Å². The third-order valence-corrected chi connectivity index (χ3v) is 5.75. The fourth-order valence-electron chi connectivity index (χ4n) is 1.66. The van der Waals surface area contributed by atoms with Crippen LogP contribution in [0.4, 0.5) is 5.69 Å². The maximum Gasteiger partial charge on any atom is 0.153 e. The second kappa shape index (κ2) is 6.78. The summed E-state index contributed by atoms with van der Waals surface area (Å²) in [6.45, 7) is 6.38. The van der Waals surface area contributed by atoms with E-state index in [1.54, 1.807) is 6.92 Å². The van der Waals surface area contributed by atoms with E-state index >= 15 is 0 Å². The molecule has 0 amide bonds. The number of nitrogens with one attached hydrogen (secondary N) is 1. The molecule has 18 heavy (non-hydrogen) atoms. The van der Waals surface area contributed by atoms with E-state index in [4.69, 9.17) is 0 Å². The summed E-state index contributed by atoms with van der Waals surface area (Å²) in [4.78, 5) is 0. The zero-order valence-corrected chi connectivity index (χ0v) is 12.2. The van der Waals surface area contributed by atoms with Crippen LogP contribution in [0.25, 0.3) is 0 Å². The largest absolute Gasteiger partial charge is 0.385 e. The first kappa shape index (κ1) is 15.0. The minimum Gasteiger partial charge on any atom is -0.385 e. The van der Waals surface area contributed by atoms with Gasteiger partial charge in [-0.05, 0) is 31.4 Å². The van der Waals surface area contributed by atoms with Crippen LogP contribution in [0, 0.1) is 5.92 Å². The van der Waals surface area contributed by atoms with Crippen molar-refractivity contribution in [3.05, 3.63) is 30.3 Å². The Morgan fingerprint density at radius 2 is 1.72 bits per heavy atom. The van der Waals surface area contributed by atoms with Crippen molar-refractivity contribution in [3.8, 4) is 0 Å². The van der Waals surface area contributed by atoms with E-state index in [2.05, 4.69) is 5.32 Å². The van der Waals surface area contributed by atoms with E-state index in [9.17, 15) is 8.42 Å². The van der Waals surface area contributed by atoms with Gasteiger partial charge in [0.1, 0.15) is 0 Å². The molecule has 0 radical (unpaired) electrons. The van der Waals surface area contributed by atoms with E-state index < -0.39 is 9.84 Å². The molecule has 0 saturated carbocycles. The van der Waals surface area contributed by atoms with Gasteiger partial charge in [0.25, 0.3) is 0 Å². The first-order valence-electron chi connectivity index (χ1n) is 6.44. The van der Waals surface area contributed by atoms with Crippen molar-refractivity contribution >= 4 is 15.5 Å². The number of hydrogen-bond acceptors (Lipinski definition) is 3. The zero-order valence-electron chi connectivity index (χ0n) is 11.4. The molecule has 0 aromatic heterocycles. The Hall–Kier alpha value is -1.03. The summed E-state index contributed by atoms with van der Waals surface area (Å²) in [7, 11) is -2.95. The van der Waals surface area contributed by atoms with E-state index in [0.717, 1.165) is 5.69 Å². The highest BCUT2D eigenvalue weighted by Crippen LogP contribution is 2.13. The van der Waals surface area contributed by atoms with E-state index in [1.807, 2.05) is 44.2 Å². The highest BCUT2D eigenvalue weighted by Gasteiger charge is 2.22. The Morgan fingerprint density at radius 3 is 2.28 bits per heavy atom. The highest BCUT2D eigenvalue weighted by atomic mass is 32.2. The molecule has 3 nitrogen and oxygen atoms in total. The standard InChI is InChI=1S/C14H23NO2S/c1-12(2)13(3)18(16,17)11-7-10-15-14-8-5-4-6-9-14/h4-6,8-9,12-13,15H,7,10-11H2,1-3H3. The maximum absolute atomic E-state index is 12.0. The molecule has 1 aromatic carbocycles. The van der Waals surface area contributed by atoms with Gasteiger partial charge in [-0.15, -0.1) is 0 Å². The summed E-state index contributed by atoms with van der Waals surface area (Å²) in [5, 5.41) is 2.97. The first-order chi connectivity index (χ1) is 8.43. The molecule has 0 saturated heterocycles. The molecular formula is C14H23NO2S. The molecule has 1 unspecified atom stereocenters. The molecule has 0 spiro atoms. The van der Waals surface area contributed by atoms with E-state index in [-0.39, 0.29) is 16.9 Å². The molecule has 0 aliphatic heterocycles. The second-order valence-electron chi connectivity index (χ2n) is 4.96. The van der Waals surface area contributed by atoms with Crippen LogP contribution in [-0.2, 0) is 9.84 Å². The average molecular weight is 269 g/mol. The van der Waals surface area contributed by atoms with Crippen molar-refractivity contribution in [2.75, 3.05) is 17.6 Å². The van der Waals surface area contributed by atoms with Crippen LogP contribution in [0.2, 0.25) is 0 Å². The summed E-state index contributed by atoms with van der Waals surface area (Å²) in [6, 6.07) is 9.83. The van der Waals surface area contributed by atoms with Gasteiger partial charge in [-0.25, -0.2) is 8.42 Å². The summed E-state index contributed by atoms with van der Waals surface area (Å²) in [6.07, 6.45) is 0.647. The molecule has 1 rings (SSSR count). The normalized spacial score (nSPS) is 13.6. The fourth-order valence-corrected chi connectivity index (χ4v) is 3.41. The molecule has 0 bridgehead atoms. The lowest BCUT2D eigenvalue weighted by molar-refractivity contribution is 0.544. The lowest BCUT2D eigenvalue weighted by Gasteiger charge is -2.16. The molecule has 0 aliphatic rings. The van der Waals surface area contributed by atoms with Crippen molar-refractivity contribution in [2.45, 2.75) is 32.4 Å². The minimum absolute atomic E-state index is 0.178. The van der Waals surface area contributed by atoms with Crippen molar-refractivity contribution in [3.63, 3.8) is 0 Å². The molecule has 1 atom stereocenters. The molecular weight excluding hydrogens is 246 g/mol. The smallest absolute Gasteiger partial charge is 0.153 e. The van der Waals surface area contributed by atoms with Crippen LogP contribution in [-0.4, -0.2) is 26.0 Å². The quantitative estimate of drug-likeness (QED) is 0.774. The van der Waals surface area contributed by atoms with Crippen LogP contribution in [0.15, 0.2) is 30.3 Å². The molecule has 4 heteroatoms. The van der Waals surface area contributed by atoms with Gasteiger partial charge >= 0.3 is 0 Å². The lowest BCUT2D eigenvalue weighted by Crippen LogP contribution is -2.26. The first-order valence-corrected chi connectivity index (χ1v) is 8.15. The van der Waals surface area contributed by atoms with Crippen molar-refractivity contribution in [1.29, 1.82) is 0 Å². The Labute approximate surface area is 111 Å². The number of sulfone groups is 1. The van der Waals surface area contributed by atoms with Crippen LogP contribution < -0.4 is 5.32 Å². The number of benzene rings is 1. The zero-order chi connectivity index (χ0) is 13.6. The molecule has 1 N–H and O–H groups in total. The summed E-state index contributed by atoms with van der Waals surface area (Å²) in [5.41, 5.74) is 1.03. The van der Waals surface area contributed by atoms with Crippen molar-refractivity contribution in [2.24, 2.45) is 5.92 Å². The number of anilines is 1. The van der Waals surface area contributed by atoms with Crippen molar-refractivity contribution in [1.82, 2.24) is 0 Å². The number of para-hydroxylation sites is 1. The third-order valence-electron chi connectivity index (χ3n) is 3.21. The fraction of sp³-hybridized carbons (Fsp3) is 0.571. The Bertz CT molecular complexity index is 440. The topological polar surface area (TPSA) is 46.2 Å². The minimum atomic E-state index is -2.95. The van der Waals surface area contributed by atoms with Gasteiger partial charge in [0.05, 0.1) is 11.0 Å². The van der Waals surface area contributed by atoms with Crippen molar-refractivity contribution < 1.29 is 8.42 Å². The molecule has 102 valence electrons. The van der Waals surface area contributed by atoms with E-state index in [0.29, 0.717) is 13.0 Å². The monoisotopic (exact) mass is 269 g/mol. The summed E-state index contributed by atoms with van der Waals surface area (Å²) < 4.78 is 23.9. The van der Waals surface area contributed by atoms with Gasteiger partial charge in [0.15, 0.2) is 9.84 Å². The number of rotatable bonds is 7. The molecule has 0 aliphatic carbocycles. The van der Waals surface area contributed by atoms with Crippen LogP contribution in [0.5, 0.6) is 0 Å². The molecule has 0 fully saturated rings. The number of hydrogen-bond donors (Lipinski definition) is 1. The van der Waals surface area contributed by atoms with Gasteiger partial charge in [0.2, 0.25) is 0 Å². The van der Waals surface area contributed by atoms with E-state index in [1.165, 1.54) is 0 Å². The Kier molecular flexibility index (Phi) is 5.66. The van der Waals surface area contributed by atoms with Gasteiger partial charge in [-0.3, -0.25) is 0 Å². The maximum atomic E-state index is 12.0. The van der Waals surface area contributed by atoms with Gasteiger partial charge in [0, 0.05) is 12.2 Å². The summed E-state index contributed by atoms with van der Waals surface area (Å²) >= 11 is 0. The average Bonchev–Trinajstić information content (AvgIpc) is 2.35. The van der Waals surface area contributed by atoms with Gasteiger partial charge in [-0.2, -0.15) is 0 Å². The SMILES string of the molecule is CC(C)C(C)S(=O)(=O)CCCNc1ccccc1. The third kappa shape index (κ3) is 4.69. The van der Waals surface area contributed by atoms with Gasteiger partial charge < -0.3 is 5.32 Å². The molecule has 0 heterocycles. The highest BCUT2D eigenvalue weighted by molar-refractivity contribution is 7.92. The van der Waals surface area contributed by atoms with Crippen LogP contribution in [0.1, 0.15) is 27.2 Å². The molecule has 1 aromatic rings. The lowest BCUT2D eigenvalue weighted by atomic mass is 10.2. The van der Waals surface area contributed by atoms with Crippen LogP contribution >= 0.6 is 0 Å². The second-order valence-corrected chi connectivity index (χ2v) is 7.44. The predicted molar refractivity (Wildman–Crippen MR) is 77.6 cm³/mol. The summed E-state index contributed by atoms with van der Waals surface area (Å²) in [5.74, 6) is 0.434. The van der Waals surface area contributed by atoms with Gasteiger partial charge in [-0.1, -0.05) is 32.0 Å². The Balaban J connectivity index is 2.34.